The van der Waals surface area contributed by atoms with E-state index in [-0.39, 0.29) is 11.9 Å². The van der Waals surface area contributed by atoms with Crippen molar-refractivity contribution in [2.75, 3.05) is 79.7 Å². The Morgan fingerprint density at radius 3 is 1.57 bits per heavy atom. The first-order chi connectivity index (χ1) is 23.8. The van der Waals surface area contributed by atoms with Crippen LogP contribution in [0.15, 0.2) is 36.4 Å². The van der Waals surface area contributed by atoms with Crippen molar-refractivity contribution in [1.29, 1.82) is 0 Å². The molecule has 0 aromatic heterocycles. The molecule has 0 bridgehead atoms. The fourth-order valence-corrected chi connectivity index (χ4v) is 8.18. The molecule has 1 N–H and O–H groups in total. The summed E-state index contributed by atoms with van der Waals surface area (Å²) in [4.78, 5) is 30.5. The zero-order valence-corrected chi connectivity index (χ0v) is 32.5. The van der Waals surface area contributed by atoms with Gasteiger partial charge in [-0.25, -0.2) is 9.59 Å². The smallest absolute Gasteiger partial charge is 0.337 e. The number of nitrogens with one attached hydrogen (secondary N) is 1. The third-order valence-electron chi connectivity index (χ3n) is 9.97. The number of benzene rings is 2. The number of rotatable bonds is 9. The zero-order chi connectivity index (χ0) is 35.0. The van der Waals surface area contributed by atoms with Gasteiger partial charge in [0.25, 0.3) is 0 Å². The number of ether oxygens (including phenoxy) is 2. The molecule has 4 aliphatic rings. The van der Waals surface area contributed by atoms with Crippen molar-refractivity contribution in [1.82, 2.24) is 20.0 Å². The molecule has 8 nitrogen and oxygen atoms in total. The molecular formula is C38H55BrCl2N4O4. The summed E-state index contributed by atoms with van der Waals surface area (Å²) in [5.41, 5.74) is 3.03. The van der Waals surface area contributed by atoms with E-state index < -0.39 is 0 Å². The number of hydrogen-bond donors (Lipinski definition) is 1. The lowest BCUT2D eigenvalue weighted by Gasteiger charge is -2.36. The second kappa shape index (κ2) is 21.6. The van der Waals surface area contributed by atoms with Crippen LogP contribution in [0.1, 0.15) is 83.2 Å². The highest BCUT2D eigenvalue weighted by Crippen LogP contribution is 2.27. The molecule has 2 aliphatic carbocycles. The summed E-state index contributed by atoms with van der Waals surface area (Å²) in [7, 11) is 2.74. The first-order valence-electron chi connectivity index (χ1n) is 18.0. The normalized spacial score (nSPS) is 19.4. The first kappa shape index (κ1) is 40.1. The molecule has 2 aromatic carbocycles. The largest absolute Gasteiger partial charge is 0.465 e. The van der Waals surface area contributed by atoms with Crippen molar-refractivity contribution in [3.8, 4) is 0 Å². The van der Waals surface area contributed by atoms with Gasteiger partial charge in [0, 0.05) is 87.4 Å². The Hall–Kier alpha value is -1.72. The van der Waals surface area contributed by atoms with Crippen molar-refractivity contribution < 1.29 is 19.1 Å². The number of alkyl halides is 1. The van der Waals surface area contributed by atoms with Gasteiger partial charge in [-0.05, 0) is 85.0 Å². The summed E-state index contributed by atoms with van der Waals surface area (Å²) in [5.74, 6) is 1.25. The number of carbonyl (C=O) groups is 2. The summed E-state index contributed by atoms with van der Waals surface area (Å²) < 4.78 is 9.37. The van der Waals surface area contributed by atoms with E-state index in [0.717, 1.165) is 55.7 Å². The van der Waals surface area contributed by atoms with E-state index >= 15 is 0 Å². The third kappa shape index (κ3) is 14.1. The number of esters is 2. The van der Waals surface area contributed by atoms with E-state index in [1.807, 2.05) is 12.1 Å². The molecule has 49 heavy (non-hydrogen) atoms. The topological polar surface area (TPSA) is 74.3 Å². The van der Waals surface area contributed by atoms with Crippen LogP contribution in [0.2, 0.25) is 10.0 Å². The quantitative estimate of drug-likeness (QED) is 0.207. The highest BCUT2D eigenvalue weighted by atomic mass is 79.9. The lowest BCUT2D eigenvalue weighted by Crippen LogP contribution is -2.47. The molecule has 0 spiro atoms. The van der Waals surface area contributed by atoms with Crippen LogP contribution in [0.5, 0.6) is 0 Å². The van der Waals surface area contributed by atoms with Crippen molar-refractivity contribution in [2.24, 2.45) is 11.8 Å². The maximum Gasteiger partial charge on any atom is 0.337 e. The number of carbonyl (C=O) groups excluding carboxylic acids is 2. The number of halogens is 3. The molecule has 0 atom stereocenters. The van der Waals surface area contributed by atoms with E-state index in [4.69, 9.17) is 27.9 Å². The summed E-state index contributed by atoms with van der Waals surface area (Å²) >= 11 is 15.2. The molecule has 2 saturated heterocycles. The average molecular weight is 783 g/mol. The van der Waals surface area contributed by atoms with Gasteiger partial charge in [-0.2, -0.15) is 0 Å². The molecule has 0 amide bonds. The predicted octanol–water partition coefficient (Wildman–Crippen LogP) is 7.54. The molecule has 0 unspecified atom stereocenters. The minimum Gasteiger partial charge on any atom is -0.465 e. The van der Waals surface area contributed by atoms with Crippen LogP contribution in [0.3, 0.4) is 0 Å². The predicted molar refractivity (Wildman–Crippen MR) is 203 cm³/mol. The molecule has 11 heteroatoms. The molecular weight excluding hydrogens is 727 g/mol. The van der Waals surface area contributed by atoms with Gasteiger partial charge in [0.1, 0.15) is 0 Å². The third-order valence-corrected chi connectivity index (χ3v) is 11.1. The van der Waals surface area contributed by atoms with E-state index in [0.29, 0.717) is 26.5 Å². The standard InChI is InChI=1S/C19H27ClN2O2.C10H20N2.C9H8BrClO2/c1-24-19(23)17-10-16(11-18(20)12-17)14-22-8-6-21(7-9-22)13-15-4-2-3-5-15;1-2-4-10(3-1)9-12-7-5-11-6-8-12;1-13-9(12)7-2-6(5-10)3-8(11)4-7/h10-12,15H,2-9,13-14H2,1H3;10-11H,1-9H2;2-4H,5H2,1H3. The SMILES string of the molecule is C1CCC(CN2CCNCC2)C1.COC(=O)c1cc(Cl)cc(CBr)c1.COC(=O)c1cc(Cl)cc(CN2CCN(CC3CCCC3)CC2)c1. The van der Waals surface area contributed by atoms with Gasteiger partial charge in [0.05, 0.1) is 25.3 Å². The molecule has 2 heterocycles. The first-order valence-corrected chi connectivity index (χ1v) is 19.8. The monoisotopic (exact) mass is 780 g/mol. The minimum atomic E-state index is -0.371. The highest BCUT2D eigenvalue weighted by Gasteiger charge is 2.23. The lowest BCUT2D eigenvalue weighted by atomic mass is 10.1. The maximum atomic E-state index is 11.7. The molecule has 6 rings (SSSR count). The summed E-state index contributed by atoms with van der Waals surface area (Å²) in [6, 6.07) is 10.6. The highest BCUT2D eigenvalue weighted by molar-refractivity contribution is 9.08. The number of nitrogens with zero attached hydrogens (tertiary/aromatic N) is 3. The van der Waals surface area contributed by atoms with Gasteiger partial charge in [0.2, 0.25) is 0 Å². The van der Waals surface area contributed by atoms with Gasteiger partial charge >= 0.3 is 11.9 Å². The van der Waals surface area contributed by atoms with Gasteiger partial charge in [-0.3, -0.25) is 4.90 Å². The zero-order valence-electron chi connectivity index (χ0n) is 29.4. The van der Waals surface area contributed by atoms with Gasteiger partial charge < -0.3 is 24.6 Å². The minimum absolute atomic E-state index is 0.333. The molecule has 2 aliphatic heterocycles. The van der Waals surface area contributed by atoms with Crippen molar-refractivity contribution in [3.05, 3.63) is 68.7 Å². The van der Waals surface area contributed by atoms with Crippen LogP contribution in [0.4, 0.5) is 0 Å². The number of hydrogen-bond acceptors (Lipinski definition) is 8. The Bertz CT molecular complexity index is 1310. The molecule has 2 aromatic rings. The second-order valence-corrected chi connectivity index (χ2v) is 15.2. The van der Waals surface area contributed by atoms with Gasteiger partial charge in [-0.1, -0.05) is 64.8 Å². The summed E-state index contributed by atoms with van der Waals surface area (Å²) in [6.45, 7) is 12.9. The summed E-state index contributed by atoms with van der Waals surface area (Å²) in [5, 5.41) is 5.19. The van der Waals surface area contributed by atoms with Crippen LogP contribution in [0, 0.1) is 11.8 Å². The molecule has 2 saturated carbocycles. The van der Waals surface area contributed by atoms with E-state index in [1.165, 1.54) is 105 Å². The maximum absolute atomic E-state index is 11.7. The fraction of sp³-hybridized carbons (Fsp3) is 0.632. The van der Waals surface area contributed by atoms with E-state index in [2.05, 4.69) is 40.7 Å². The van der Waals surface area contributed by atoms with Crippen LogP contribution in [-0.2, 0) is 21.3 Å². The van der Waals surface area contributed by atoms with Crippen molar-refractivity contribution in [3.63, 3.8) is 0 Å². The summed E-state index contributed by atoms with van der Waals surface area (Å²) in [6.07, 6.45) is 11.6. The lowest BCUT2D eigenvalue weighted by molar-refractivity contribution is 0.0591. The Balaban J connectivity index is 0.000000182. The molecule has 0 radical (unpaired) electrons. The van der Waals surface area contributed by atoms with Crippen molar-refractivity contribution in [2.45, 2.75) is 63.2 Å². The van der Waals surface area contributed by atoms with Crippen LogP contribution in [-0.4, -0.2) is 106 Å². The fourth-order valence-electron chi connectivity index (χ4n) is 7.34. The number of piperazine rings is 2. The van der Waals surface area contributed by atoms with Gasteiger partial charge in [-0.15, -0.1) is 0 Å². The Labute approximate surface area is 312 Å². The van der Waals surface area contributed by atoms with E-state index in [1.54, 1.807) is 24.3 Å². The van der Waals surface area contributed by atoms with Crippen molar-refractivity contribution >= 4 is 51.1 Å². The molecule has 4 fully saturated rings. The molecule has 272 valence electrons. The van der Waals surface area contributed by atoms with Crippen LogP contribution < -0.4 is 5.32 Å². The Morgan fingerprint density at radius 1 is 0.673 bits per heavy atom. The second-order valence-electron chi connectivity index (χ2n) is 13.7. The Kier molecular flexibility index (Phi) is 17.7. The average Bonchev–Trinajstić information content (AvgIpc) is 3.84. The van der Waals surface area contributed by atoms with Crippen LogP contribution in [0.25, 0.3) is 0 Å². The van der Waals surface area contributed by atoms with Crippen LogP contribution >= 0.6 is 39.1 Å². The number of methoxy groups -OCH3 is 2. The Morgan fingerprint density at radius 2 is 1.10 bits per heavy atom. The van der Waals surface area contributed by atoms with E-state index in [9.17, 15) is 9.59 Å². The van der Waals surface area contributed by atoms with Gasteiger partial charge in [0.15, 0.2) is 0 Å².